The van der Waals surface area contributed by atoms with Gasteiger partial charge in [0.05, 0.1) is 11.6 Å². The maximum absolute atomic E-state index is 13.2. The van der Waals surface area contributed by atoms with Crippen molar-refractivity contribution in [3.63, 3.8) is 0 Å². The highest BCUT2D eigenvalue weighted by atomic mass is 16.7. The molecule has 3 aromatic carbocycles. The number of nitrogens with one attached hydrogen (secondary N) is 3. The minimum atomic E-state index is -1.24. The summed E-state index contributed by atoms with van der Waals surface area (Å²) < 4.78 is 10.6. The highest BCUT2D eigenvalue weighted by Crippen LogP contribution is 2.32. The topological polar surface area (TPSA) is 135 Å². The van der Waals surface area contributed by atoms with Gasteiger partial charge in [-0.3, -0.25) is 14.4 Å². The van der Waals surface area contributed by atoms with E-state index in [1.165, 1.54) is 6.21 Å². The van der Waals surface area contributed by atoms with Gasteiger partial charge in [-0.15, -0.1) is 0 Å². The number of amides is 2. The Morgan fingerprint density at radius 3 is 2.54 bits per heavy atom. The normalized spacial score (nSPS) is 13.0. The fraction of sp³-hybridized carbons (Fsp3) is 0.0800. The molecule has 2 amide bonds. The van der Waals surface area contributed by atoms with E-state index in [1.54, 1.807) is 72.8 Å². The number of carbonyl (C=O) groups excluding carboxylic acids is 2. The number of hydrazone groups is 1. The van der Waals surface area contributed by atoms with Crippen LogP contribution in [-0.2, 0) is 4.79 Å². The summed E-state index contributed by atoms with van der Waals surface area (Å²) in [6.07, 6.45) is 1.44. The van der Waals surface area contributed by atoms with E-state index < -0.39 is 23.4 Å². The van der Waals surface area contributed by atoms with Gasteiger partial charge in [-0.25, -0.2) is 10.5 Å². The van der Waals surface area contributed by atoms with E-state index in [-0.39, 0.29) is 12.5 Å². The summed E-state index contributed by atoms with van der Waals surface area (Å²) in [5.74, 6) is 0.0849. The molecule has 5 rings (SSSR count). The Morgan fingerprint density at radius 1 is 0.971 bits per heavy atom. The third-order valence-corrected chi connectivity index (χ3v) is 5.36. The van der Waals surface area contributed by atoms with Crippen LogP contribution in [0.25, 0.3) is 10.8 Å². The van der Waals surface area contributed by atoms with Crippen LogP contribution in [0.15, 0.2) is 82.7 Å². The maximum atomic E-state index is 13.2. The molecule has 0 saturated heterocycles. The average molecular weight is 469 g/mol. The number of benzene rings is 3. The Bertz CT molecular complexity index is 1500. The molecule has 174 valence electrons. The molecule has 2 heterocycles. The van der Waals surface area contributed by atoms with Crippen LogP contribution in [0.2, 0.25) is 0 Å². The summed E-state index contributed by atoms with van der Waals surface area (Å²) in [6, 6.07) is 19.2. The largest absolute Gasteiger partial charge is 0.454 e. The number of hydrogen-bond acceptors (Lipinski definition) is 7. The molecule has 0 spiro atoms. The Morgan fingerprint density at radius 2 is 1.71 bits per heavy atom. The number of H-pyrrole nitrogens is 1. The summed E-state index contributed by atoms with van der Waals surface area (Å²) in [4.78, 5) is 38.3. The Balaban J connectivity index is 1.44. The first-order valence-corrected chi connectivity index (χ1v) is 10.7. The molecule has 1 aliphatic rings. The third kappa shape index (κ3) is 4.58. The first-order chi connectivity index (χ1) is 17.1. The van der Waals surface area contributed by atoms with Crippen LogP contribution in [0.3, 0.4) is 0 Å². The van der Waals surface area contributed by atoms with Gasteiger partial charge >= 0.3 is 0 Å². The molecule has 35 heavy (non-hydrogen) atoms. The van der Waals surface area contributed by atoms with Crippen molar-refractivity contribution < 1.29 is 19.1 Å². The molecule has 1 atom stereocenters. The number of nitrogens with zero attached hydrogens (tertiary/aromatic N) is 2. The van der Waals surface area contributed by atoms with E-state index in [4.69, 9.17) is 9.47 Å². The number of hydrogen-bond donors (Lipinski definition) is 3. The van der Waals surface area contributed by atoms with Gasteiger partial charge in [-0.2, -0.15) is 10.2 Å². The zero-order chi connectivity index (χ0) is 24.2. The first kappa shape index (κ1) is 21.8. The highest BCUT2D eigenvalue weighted by Gasteiger charge is 2.27. The van der Waals surface area contributed by atoms with Crippen LogP contribution in [0.4, 0.5) is 0 Å². The molecule has 0 radical (unpaired) electrons. The SMILES string of the molecule is O=C(NC(C(=O)N/N=C\c1ccc2c(c1)OCO2)c1n[nH]c(=O)c2ccccc12)c1ccccc1. The minimum absolute atomic E-state index is 0.148. The monoisotopic (exact) mass is 469 g/mol. The van der Waals surface area contributed by atoms with Gasteiger partial charge < -0.3 is 14.8 Å². The van der Waals surface area contributed by atoms with Gasteiger partial charge in [0.15, 0.2) is 17.5 Å². The standard InChI is InChI=1S/C25H19N5O5/c31-23(16-6-2-1-3-7-16)27-22(21-17-8-4-5-9-18(17)24(32)30-28-21)25(33)29-26-13-15-10-11-19-20(12-15)35-14-34-19/h1-13,22H,14H2,(H,27,31)(H,29,33)(H,30,32)/b26-13-. The molecule has 10 nitrogen and oxygen atoms in total. The van der Waals surface area contributed by atoms with Gasteiger partial charge in [0, 0.05) is 10.9 Å². The lowest BCUT2D eigenvalue weighted by Gasteiger charge is -2.18. The molecule has 1 unspecified atom stereocenters. The van der Waals surface area contributed by atoms with E-state index in [0.717, 1.165) is 0 Å². The first-order valence-electron chi connectivity index (χ1n) is 10.7. The summed E-state index contributed by atoms with van der Waals surface area (Å²) in [5.41, 5.74) is 3.26. The van der Waals surface area contributed by atoms with Gasteiger partial charge in [0.2, 0.25) is 6.79 Å². The zero-order valence-electron chi connectivity index (χ0n) is 18.2. The lowest BCUT2D eigenvalue weighted by atomic mass is 10.0. The number of rotatable bonds is 6. The fourth-order valence-corrected chi connectivity index (χ4v) is 3.65. The van der Waals surface area contributed by atoms with Crippen LogP contribution >= 0.6 is 0 Å². The molecule has 0 saturated carbocycles. The number of carbonyl (C=O) groups is 2. The van der Waals surface area contributed by atoms with Crippen LogP contribution in [0, 0.1) is 0 Å². The van der Waals surface area contributed by atoms with E-state index in [1.807, 2.05) is 0 Å². The molecule has 0 bridgehead atoms. The summed E-state index contributed by atoms with van der Waals surface area (Å²) in [7, 11) is 0. The summed E-state index contributed by atoms with van der Waals surface area (Å²) in [5, 5.41) is 14.0. The molecule has 3 N–H and O–H groups in total. The minimum Gasteiger partial charge on any atom is -0.454 e. The summed E-state index contributed by atoms with van der Waals surface area (Å²) in [6.45, 7) is 0.148. The van der Waals surface area contributed by atoms with Crippen molar-refractivity contribution in [1.29, 1.82) is 0 Å². The van der Waals surface area contributed by atoms with Crippen LogP contribution in [0.1, 0.15) is 27.7 Å². The van der Waals surface area contributed by atoms with Gasteiger partial charge in [-0.1, -0.05) is 36.4 Å². The van der Waals surface area contributed by atoms with Crippen molar-refractivity contribution in [3.05, 3.63) is 100.0 Å². The molecule has 10 heteroatoms. The van der Waals surface area contributed by atoms with E-state index >= 15 is 0 Å². The van der Waals surface area contributed by atoms with Crippen LogP contribution < -0.4 is 25.8 Å². The van der Waals surface area contributed by atoms with Gasteiger partial charge in [0.1, 0.15) is 5.69 Å². The predicted molar refractivity (Wildman–Crippen MR) is 127 cm³/mol. The molecular formula is C25H19N5O5. The van der Waals surface area contributed by atoms with Crippen molar-refractivity contribution in [2.24, 2.45) is 5.10 Å². The van der Waals surface area contributed by atoms with Crippen molar-refractivity contribution in [1.82, 2.24) is 20.9 Å². The molecule has 4 aromatic rings. The van der Waals surface area contributed by atoms with E-state index in [2.05, 4.69) is 26.0 Å². The Kier molecular flexibility index (Phi) is 5.91. The molecule has 0 aliphatic carbocycles. The number of ether oxygens (including phenoxy) is 2. The van der Waals surface area contributed by atoms with Gasteiger partial charge in [-0.05, 0) is 42.0 Å². The summed E-state index contributed by atoms with van der Waals surface area (Å²) >= 11 is 0. The van der Waals surface area contributed by atoms with Gasteiger partial charge in [0.25, 0.3) is 17.4 Å². The van der Waals surface area contributed by atoms with Crippen molar-refractivity contribution in [3.8, 4) is 11.5 Å². The maximum Gasteiger partial charge on any atom is 0.272 e. The number of aromatic nitrogens is 2. The van der Waals surface area contributed by atoms with Crippen LogP contribution in [-0.4, -0.2) is 35.0 Å². The van der Waals surface area contributed by atoms with Crippen molar-refractivity contribution >= 4 is 28.8 Å². The second-order valence-electron chi connectivity index (χ2n) is 7.60. The second kappa shape index (κ2) is 9.48. The predicted octanol–water partition coefficient (Wildman–Crippen LogP) is 2.27. The Labute approximate surface area is 198 Å². The number of aromatic amines is 1. The smallest absolute Gasteiger partial charge is 0.272 e. The van der Waals surface area contributed by atoms with Crippen LogP contribution in [0.5, 0.6) is 11.5 Å². The third-order valence-electron chi connectivity index (χ3n) is 5.36. The zero-order valence-corrected chi connectivity index (χ0v) is 18.2. The van der Waals surface area contributed by atoms with E-state index in [0.29, 0.717) is 33.4 Å². The van der Waals surface area contributed by atoms with Crippen molar-refractivity contribution in [2.75, 3.05) is 6.79 Å². The van der Waals surface area contributed by atoms with Crippen molar-refractivity contribution in [2.45, 2.75) is 6.04 Å². The number of fused-ring (bicyclic) bond motifs is 2. The lowest BCUT2D eigenvalue weighted by molar-refractivity contribution is -0.123. The average Bonchev–Trinajstić information content (AvgIpc) is 3.36. The molecule has 1 aromatic heterocycles. The highest BCUT2D eigenvalue weighted by molar-refractivity contribution is 5.99. The second-order valence-corrected chi connectivity index (χ2v) is 7.60. The quantitative estimate of drug-likeness (QED) is 0.293. The molecular weight excluding hydrogens is 450 g/mol. The lowest BCUT2D eigenvalue weighted by Crippen LogP contribution is -2.40. The molecule has 0 fully saturated rings. The molecule has 1 aliphatic heterocycles. The Hall–Kier alpha value is -4.99. The fourth-order valence-electron chi connectivity index (χ4n) is 3.65. The van der Waals surface area contributed by atoms with E-state index in [9.17, 15) is 14.4 Å².